The first kappa shape index (κ1) is 15.7. The van der Waals surface area contributed by atoms with Crippen molar-refractivity contribution in [3.05, 3.63) is 0 Å². The van der Waals surface area contributed by atoms with Gasteiger partial charge >= 0.3 is 0 Å². The lowest BCUT2D eigenvalue weighted by molar-refractivity contribution is -0.170. The Morgan fingerprint density at radius 1 is 1.45 bits per heavy atom. The summed E-state index contributed by atoms with van der Waals surface area (Å²) in [6, 6.07) is -0.106. The van der Waals surface area contributed by atoms with Crippen LogP contribution in [0.15, 0.2) is 0 Å². The second-order valence-corrected chi connectivity index (χ2v) is 6.36. The van der Waals surface area contributed by atoms with Gasteiger partial charge in [0.2, 0.25) is 5.91 Å². The van der Waals surface area contributed by atoms with Gasteiger partial charge in [0.15, 0.2) is 0 Å². The lowest BCUT2D eigenvalue weighted by atomic mass is 10.0. The summed E-state index contributed by atoms with van der Waals surface area (Å²) in [6.07, 6.45) is -0.280. The molecule has 2 aliphatic heterocycles. The van der Waals surface area contributed by atoms with Crippen LogP contribution >= 0.6 is 0 Å². The molecule has 2 heterocycles. The first-order valence-electron chi connectivity index (χ1n) is 7.45. The van der Waals surface area contributed by atoms with Crippen molar-refractivity contribution in [1.82, 2.24) is 15.1 Å². The number of rotatable bonds is 3. The fraction of sp³-hybridized carbons (Fsp3) is 0.929. The smallest absolute Gasteiger partial charge is 0.239 e. The van der Waals surface area contributed by atoms with Crippen molar-refractivity contribution in [3.63, 3.8) is 0 Å². The topological polar surface area (TPSA) is 65.0 Å². The molecule has 2 unspecified atom stereocenters. The number of morpholine rings is 1. The Kier molecular flexibility index (Phi) is 5.01. The molecule has 6 nitrogen and oxygen atoms in total. The van der Waals surface area contributed by atoms with E-state index in [4.69, 9.17) is 4.74 Å². The van der Waals surface area contributed by atoms with Gasteiger partial charge in [0.05, 0.1) is 24.4 Å². The lowest BCUT2D eigenvalue weighted by Gasteiger charge is -2.44. The van der Waals surface area contributed by atoms with Gasteiger partial charge in [-0.15, -0.1) is 0 Å². The Morgan fingerprint density at radius 2 is 2.10 bits per heavy atom. The van der Waals surface area contributed by atoms with Crippen molar-refractivity contribution < 1.29 is 14.6 Å². The summed E-state index contributed by atoms with van der Waals surface area (Å²) >= 11 is 0. The van der Waals surface area contributed by atoms with Crippen LogP contribution in [0.25, 0.3) is 0 Å². The number of piperazine rings is 1. The standard InChI is InChI=1S/C14H27N3O3/c1-11(16-6-4-15-5-7-16)13(19)17-8-12(9-18)20-14(2,3)10-17/h11-12,15,18H,4-10H2,1-3H3. The predicted molar refractivity (Wildman–Crippen MR) is 76.5 cm³/mol. The van der Waals surface area contributed by atoms with Crippen LogP contribution in [0.2, 0.25) is 0 Å². The molecule has 0 aromatic heterocycles. The molecule has 2 saturated heterocycles. The third-order valence-corrected chi connectivity index (χ3v) is 4.05. The van der Waals surface area contributed by atoms with Crippen LogP contribution in [0.4, 0.5) is 0 Å². The molecule has 0 aromatic rings. The van der Waals surface area contributed by atoms with Gasteiger partial charge in [-0.25, -0.2) is 0 Å². The van der Waals surface area contributed by atoms with Gasteiger partial charge in [0.1, 0.15) is 0 Å². The molecule has 6 heteroatoms. The third-order valence-electron chi connectivity index (χ3n) is 4.05. The largest absolute Gasteiger partial charge is 0.394 e. The predicted octanol–water partition coefficient (Wildman–Crippen LogP) is -0.722. The van der Waals surface area contributed by atoms with Crippen LogP contribution in [0, 0.1) is 0 Å². The minimum Gasteiger partial charge on any atom is -0.394 e. The molecule has 0 bridgehead atoms. The first-order valence-corrected chi connectivity index (χ1v) is 7.45. The van der Waals surface area contributed by atoms with E-state index >= 15 is 0 Å². The summed E-state index contributed by atoms with van der Waals surface area (Å²) in [7, 11) is 0. The van der Waals surface area contributed by atoms with Crippen LogP contribution in [0.3, 0.4) is 0 Å². The van der Waals surface area contributed by atoms with E-state index < -0.39 is 5.60 Å². The Morgan fingerprint density at radius 3 is 2.70 bits per heavy atom. The van der Waals surface area contributed by atoms with Gasteiger partial charge in [0, 0.05) is 39.3 Å². The van der Waals surface area contributed by atoms with E-state index in [2.05, 4.69) is 10.2 Å². The van der Waals surface area contributed by atoms with Crippen molar-refractivity contribution >= 4 is 5.91 Å². The maximum atomic E-state index is 12.7. The van der Waals surface area contributed by atoms with Crippen molar-refractivity contribution in [2.45, 2.75) is 38.5 Å². The number of aliphatic hydroxyl groups excluding tert-OH is 1. The van der Waals surface area contributed by atoms with Gasteiger partial charge in [-0.3, -0.25) is 9.69 Å². The fourth-order valence-corrected chi connectivity index (χ4v) is 3.05. The fourth-order valence-electron chi connectivity index (χ4n) is 3.05. The number of hydrogen-bond acceptors (Lipinski definition) is 5. The quantitative estimate of drug-likeness (QED) is 0.716. The third kappa shape index (κ3) is 3.69. The molecule has 0 aromatic carbocycles. The molecule has 2 rings (SSSR count). The Balaban J connectivity index is 1.99. The zero-order valence-corrected chi connectivity index (χ0v) is 12.8. The van der Waals surface area contributed by atoms with E-state index in [-0.39, 0.29) is 24.7 Å². The summed E-state index contributed by atoms with van der Waals surface area (Å²) in [6.45, 7) is 10.6. The number of amides is 1. The van der Waals surface area contributed by atoms with Crippen LogP contribution in [0.1, 0.15) is 20.8 Å². The van der Waals surface area contributed by atoms with Crippen LogP contribution in [-0.2, 0) is 9.53 Å². The maximum Gasteiger partial charge on any atom is 0.239 e. The monoisotopic (exact) mass is 285 g/mol. The molecular weight excluding hydrogens is 258 g/mol. The molecule has 0 aliphatic carbocycles. The highest BCUT2D eigenvalue weighted by Crippen LogP contribution is 2.22. The van der Waals surface area contributed by atoms with E-state index in [0.717, 1.165) is 26.2 Å². The zero-order valence-electron chi connectivity index (χ0n) is 12.8. The normalized spacial score (nSPS) is 29.2. The van der Waals surface area contributed by atoms with E-state index in [1.54, 1.807) is 0 Å². The Hall–Kier alpha value is -0.690. The number of nitrogens with one attached hydrogen (secondary N) is 1. The molecule has 2 fully saturated rings. The highest BCUT2D eigenvalue weighted by molar-refractivity contribution is 5.81. The summed E-state index contributed by atoms with van der Waals surface area (Å²) in [5, 5.41) is 12.6. The molecule has 1 amide bonds. The average molecular weight is 285 g/mol. The van der Waals surface area contributed by atoms with Gasteiger partial charge in [-0.1, -0.05) is 0 Å². The molecular formula is C14H27N3O3. The average Bonchev–Trinajstić information content (AvgIpc) is 2.44. The number of carbonyl (C=O) groups excluding carboxylic acids is 1. The molecule has 0 spiro atoms. The summed E-state index contributed by atoms with van der Waals surface area (Å²) in [5.74, 6) is 0.140. The number of carbonyl (C=O) groups is 1. The van der Waals surface area contributed by atoms with Gasteiger partial charge in [-0.05, 0) is 20.8 Å². The van der Waals surface area contributed by atoms with Crippen LogP contribution in [-0.4, -0.2) is 84.4 Å². The highest BCUT2D eigenvalue weighted by atomic mass is 16.5. The van der Waals surface area contributed by atoms with Crippen molar-refractivity contribution in [2.75, 3.05) is 45.9 Å². The van der Waals surface area contributed by atoms with Crippen molar-refractivity contribution in [3.8, 4) is 0 Å². The van der Waals surface area contributed by atoms with Crippen molar-refractivity contribution in [1.29, 1.82) is 0 Å². The number of nitrogens with zero attached hydrogens (tertiary/aromatic N) is 2. The van der Waals surface area contributed by atoms with Crippen LogP contribution in [0.5, 0.6) is 0 Å². The second kappa shape index (κ2) is 6.39. The Labute approximate surface area is 121 Å². The lowest BCUT2D eigenvalue weighted by Crippen LogP contribution is -2.60. The van der Waals surface area contributed by atoms with Gasteiger partial charge in [-0.2, -0.15) is 0 Å². The molecule has 2 aliphatic rings. The van der Waals surface area contributed by atoms with Crippen molar-refractivity contribution in [2.24, 2.45) is 0 Å². The summed E-state index contributed by atoms with van der Waals surface area (Å²) < 4.78 is 5.76. The molecule has 20 heavy (non-hydrogen) atoms. The molecule has 0 radical (unpaired) electrons. The molecule has 116 valence electrons. The SMILES string of the molecule is CC(C(=O)N1CC(CO)OC(C)(C)C1)N1CCNCC1. The van der Waals surface area contributed by atoms with E-state index in [0.29, 0.717) is 13.1 Å². The van der Waals surface area contributed by atoms with Crippen LogP contribution < -0.4 is 5.32 Å². The first-order chi connectivity index (χ1) is 9.43. The van der Waals surface area contributed by atoms with E-state index in [1.807, 2.05) is 25.7 Å². The second-order valence-electron chi connectivity index (χ2n) is 6.36. The van der Waals surface area contributed by atoms with Gasteiger partial charge < -0.3 is 20.1 Å². The van der Waals surface area contributed by atoms with Gasteiger partial charge in [0.25, 0.3) is 0 Å². The summed E-state index contributed by atoms with van der Waals surface area (Å²) in [5.41, 5.74) is -0.398. The van der Waals surface area contributed by atoms with E-state index in [9.17, 15) is 9.90 Å². The maximum absolute atomic E-state index is 12.7. The summed E-state index contributed by atoms with van der Waals surface area (Å²) in [4.78, 5) is 16.7. The number of aliphatic hydroxyl groups is 1. The number of hydrogen-bond donors (Lipinski definition) is 2. The highest BCUT2D eigenvalue weighted by Gasteiger charge is 2.37. The molecule has 0 saturated carbocycles. The molecule has 2 atom stereocenters. The minimum atomic E-state index is -0.398. The number of ether oxygens (including phenoxy) is 1. The molecule has 2 N–H and O–H groups in total. The minimum absolute atomic E-state index is 0.0464. The Bertz CT molecular complexity index is 343. The van der Waals surface area contributed by atoms with E-state index in [1.165, 1.54) is 0 Å². The zero-order chi connectivity index (χ0) is 14.8.